The summed E-state index contributed by atoms with van der Waals surface area (Å²) < 4.78 is 63.2. The molecule has 5 rings (SSSR count). The maximum absolute atomic E-state index is 16.9. The van der Waals surface area contributed by atoms with Crippen LogP contribution >= 0.6 is 0 Å². The summed E-state index contributed by atoms with van der Waals surface area (Å²) in [6.07, 6.45) is 2.07. The fourth-order valence-electron chi connectivity index (χ4n) is 5.89. The summed E-state index contributed by atoms with van der Waals surface area (Å²) in [5.74, 6) is -2.55. The van der Waals surface area contributed by atoms with Gasteiger partial charge in [-0.25, -0.2) is 18.2 Å². The Bertz CT molecular complexity index is 1720. The van der Waals surface area contributed by atoms with Gasteiger partial charge in [-0.2, -0.15) is 9.97 Å². The number of fused-ring (bicyclic) bond motifs is 2. The highest BCUT2D eigenvalue weighted by Crippen LogP contribution is 2.47. The third-order valence-corrected chi connectivity index (χ3v) is 8.54. The molecule has 2 atom stereocenters. The van der Waals surface area contributed by atoms with Crippen molar-refractivity contribution in [3.63, 3.8) is 0 Å². The molecule has 9 nitrogen and oxygen atoms in total. The standard InChI is InChI=1S/C33H41F3N6O3.C3H8.C2H6/c1-7-20(2)45-22(4)26-29(27(34)21(3)28-24-11-9-8-10-23(24)16-25(39-28)43-6)40-31(41-30(26)38-14-13-37-5)44-19-32-12-15-42(32)18-33(35,36)17-32;1-3-2;1-2/h8-11,16,20,37H,3,7,12-15,17-19H2,1-2,4-6H3,(H,38,40,41);3H2,1-2H3;1-2H3/b26-22-,29-27-;;. The van der Waals surface area contributed by atoms with Crippen molar-refractivity contribution in [2.75, 3.05) is 52.3 Å². The number of ether oxygens (including phenoxy) is 3. The molecule has 2 saturated heterocycles. The van der Waals surface area contributed by atoms with Crippen LogP contribution in [0.5, 0.6) is 11.9 Å². The zero-order valence-electron chi connectivity index (χ0n) is 31.2. The van der Waals surface area contributed by atoms with Gasteiger partial charge in [0.15, 0.2) is 5.83 Å². The van der Waals surface area contributed by atoms with Gasteiger partial charge < -0.3 is 24.8 Å². The van der Waals surface area contributed by atoms with Crippen molar-refractivity contribution in [1.82, 2.24) is 25.2 Å². The zero-order valence-corrected chi connectivity index (χ0v) is 31.2. The lowest BCUT2D eigenvalue weighted by molar-refractivity contribution is -0.0134. The minimum absolute atomic E-state index is 0.0206. The molecule has 2 aromatic heterocycles. The summed E-state index contributed by atoms with van der Waals surface area (Å²) in [4.78, 5) is 15.4. The number of allylic oxidation sites excluding steroid dienone is 1. The number of nitrogens with zero attached hydrogens (tertiary/aromatic N) is 4. The van der Waals surface area contributed by atoms with Crippen LogP contribution in [0.3, 0.4) is 0 Å². The maximum atomic E-state index is 16.9. The molecule has 50 heavy (non-hydrogen) atoms. The molecule has 0 bridgehead atoms. The first-order valence-electron chi connectivity index (χ1n) is 17.6. The van der Waals surface area contributed by atoms with E-state index >= 15 is 4.39 Å². The molecule has 2 unspecified atom stereocenters. The van der Waals surface area contributed by atoms with E-state index in [1.165, 1.54) is 13.5 Å². The highest BCUT2D eigenvalue weighted by Gasteiger charge is 2.59. The molecule has 0 saturated carbocycles. The second-order valence-electron chi connectivity index (χ2n) is 12.5. The number of nitrogens with one attached hydrogen (secondary N) is 2. The van der Waals surface area contributed by atoms with Gasteiger partial charge >= 0.3 is 6.01 Å². The number of rotatable bonds is 13. The number of anilines is 1. The molecule has 0 spiro atoms. The minimum Gasteiger partial charge on any atom is -0.495 e. The van der Waals surface area contributed by atoms with Crippen LogP contribution in [0.2, 0.25) is 0 Å². The average molecular weight is 701 g/mol. The van der Waals surface area contributed by atoms with Crippen LogP contribution < -0.4 is 30.7 Å². The average Bonchev–Trinajstić information content (AvgIpc) is 3.29. The molecule has 0 amide bonds. The number of hydrogen-bond acceptors (Lipinski definition) is 9. The highest BCUT2D eigenvalue weighted by atomic mass is 19.3. The van der Waals surface area contributed by atoms with Crippen molar-refractivity contribution in [2.45, 2.75) is 91.7 Å². The summed E-state index contributed by atoms with van der Waals surface area (Å²) in [6.45, 7) is 19.2. The van der Waals surface area contributed by atoms with E-state index in [2.05, 4.69) is 46.0 Å². The van der Waals surface area contributed by atoms with Crippen LogP contribution in [0.25, 0.3) is 27.9 Å². The first-order valence-corrected chi connectivity index (χ1v) is 17.6. The van der Waals surface area contributed by atoms with Gasteiger partial charge in [-0.05, 0) is 39.1 Å². The van der Waals surface area contributed by atoms with Crippen LogP contribution in [0.4, 0.5) is 19.0 Å². The zero-order chi connectivity index (χ0) is 37.1. The fraction of sp³-hybridized carbons (Fsp3) is 0.553. The Labute approximate surface area is 295 Å². The van der Waals surface area contributed by atoms with E-state index in [0.29, 0.717) is 48.3 Å². The Morgan fingerprint density at radius 2 is 1.80 bits per heavy atom. The van der Waals surface area contributed by atoms with E-state index in [9.17, 15) is 8.78 Å². The van der Waals surface area contributed by atoms with Crippen LogP contribution in [0.1, 0.15) is 79.8 Å². The SMILES string of the molecule is C=C(/C(F)=c1/nc(OCC23CCN2CC(F)(F)C3)nc(NCCNC)/c1=C(/C)OC(C)CC)c1nc(OC)cc2ccccc12.CC.CCC. The van der Waals surface area contributed by atoms with Gasteiger partial charge in [-0.3, -0.25) is 4.90 Å². The predicted molar refractivity (Wildman–Crippen MR) is 197 cm³/mol. The Hall–Kier alpha value is -3.90. The Morgan fingerprint density at radius 3 is 2.40 bits per heavy atom. The van der Waals surface area contributed by atoms with Gasteiger partial charge in [0.2, 0.25) is 5.88 Å². The number of likely N-dealkylation sites (N-methyl/N-ethyl adjacent to an activating group) is 1. The summed E-state index contributed by atoms with van der Waals surface area (Å²) in [5, 5.41) is 8.00. The quantitative estimate of drug-likeness (QED) is 0.189. The number of benzene rings is 1. The fourth-order valence-corrected chi connectivity index (χ4v) is 5.89. The molecule has 2 aliphatic rings. The summed E-state index contributed by atoms with van der Waals surface area (Å²) >= 11 is 0. The monoisotopic (exact) mass is 700 g/mol. The number of aromatic nitrogens is 3. The molecule has 2 aliphatic heterocycles. The maximum Gasteiger partial charge on any atom is 0.319 e. The lowest BCUT2D eigenvalue weighted by Gasteiger charge is -2.46. The summed E-state index contributed by atoms with van der Waals surface area (Å²) in [7, 11) is 3.31. The molecule has 4 heterocycles. The Kier molecular flexibility index (Phi) is 14.9. The van der Waals surface area contributed by atoms with Crippen LogP contribution in [-0.4, -0.2) is 84.4 Å². The van der Waals surface area contributed by atoms with E-state index in [4.69, 9.17) is 14.2 Å². The van der Waals surface area contributed by atoms with Crippen molar-refractivity contribution in [3.05, 3.63) is 53.2 Å². The summed E-state index contributed by atoms with van der Waals surface area (Å²) in [5.41, 5.74) is -0.535. The predicted octanol–water partition coefficient (Wildman–Crippen LogP) is 6.70. The second-order valence-corrected chi connectivity index (χ2v) is 12.5. The number of hydrogen-bond donors (Lipinski definition) is 2. The molecule has 0 radical (unpaired) electrons. The van der Waals surface area contributed by atoms with E-state index in [1.807, 2.05) is 59.0 Å². The van der Waals surface area contributed by atoms with Crippen molar-refractivity contribution >= 4 is 33.7 Å². The number of methoxy groups -OCH3 is 1. The molecule has 276 valence electrons. The Balaban J connectivity index is 0.00000128. The first kappa shape index (κ1) is 40.5. The van der Waals surface area contributed by atoms with Crippen LogP contribution in [0, 0.1) is 0 Å². The van der Waals surface area contributed by atoms with Gasteiger partial charge in [0.1, 0.15) is 23.5 Å². The molecule has 2 N–H and O–H groups in total. The molecule has 0 aliphatic carbocycles. The number of pyridine rings is 1. The van der Waals surface area contributed by atoms with Crippen molar-refractivity contribution in [2.24, 2.45) is 0 Å². The lowest BCUT2D eigenvalue weighted by atomic mass is 9.85. The molecule has 2 fully saturated rings. The third kappa shape index (κ3) is 9.45. The van der Waals surface area contributed by atoms with Gasteiger partial charge in [-0.15, -0.1) is 0 Å². The van der Waals surface area contributed by atoms with Crippen molar-refractivity contribution in [3.8, 4) is 11.9 Å². The largest absolute Gasteiger partial charge is 0.495 e. The van der Waals surface area contributed by atoms with Crippen molar-refractivity contribution < 1.29 is 27.4 Å². The van der Waals surface area contributed by atoms with Gasteiger partial charge in [0.05, 0.1) is 36.2 Å². The number of alkyl halides is 2. The third-order valence-electron chi connectivity index (χ3n) is 8.54. The van der Waals surface area contributed by atoms with E-state index in [1.54, 1.807) is 17.9 Å². The van der Waals surface area contributed by atoms with Crippen LogP contribution in [-0.2, 0) is 4.74 Å². The van der Waals surface area contributed by atoms with E-state index in [0.717, 1.165) is 11.8 Å². The highest BCUT2D eigenvalue weighted by molar-refractivity contribution is 6.02. The summed E-state index contributed by atoms with van der Waals surface area (Å²) in [6, 6.07) is 9.05. The first-order chi connectivity index (χ1) is 23.9. The van der Waals surface area contributed by atoms with Crippen molar-refractivity contribution in [1.29, 1.82) is 0 Å². The second kappa shape index (κ2) is 18.4. The van der Waals surface area contributed by atoms with Gasteiger partial charge in [0, 0.05) is 43.1 Å². The molecule has 1 aromatic carbocycles. The number of halogens is 3. The Morgan fingerprint density at radius 1 is 1.10 bits per heavy atom. The van der Waals surface area contributed by atoms with Gasteiger partial charge in [0.25, 0.3) is 5.92 Å². The topological polar surface area (TPSA) is 93.7 Å². The molecular weight excluding hydrogens is 645 g/mol. The molecule has 12 heteroatoms. The molecular formula is C38H55F3N6O3. The lowest BCUT2D eigenvalue weighted by Crippen LogP contribution is -2.59. The van der Waals surface area contributed by atoms with Gasteiger partial charge in [-0.1, -0.05) is 71.9 Å². The van der Waals surface area contributed by atoms with E-state index in [-0.39, 0.29) is 54.1 Å². The molecule has 3 aromatic rings. The normalized spacial score (nSPS) is 19.4. The minimum atomic E-state index is -2.79. The smallest absolute Gasteiger partial charge is 0.319 e. The van der Waals surface area contributed by atoms with Crippen LogP contribution in [0.15, 0.2) is 36.9 Å². The van der Waals surface area contributed by atoms with E-state index < -0.39 is 17.3 Å².